The molecule has 0 unspecified atom stereocenters. The molecule has 33 heavy (non-hydrogen) atoms. The molecule has 1 heterocycles. The quantitative estimate of drug-likeness (QED) is 0.334. The number of benzene rings is 3. The van der Waals surface area contributed by atoms with Gasteiger partial charge >= 0.3 is 0 Å². The van der Waals surface area contributed by atoms with Crippen LogP contribution in [0, 0.1) is 6.92 Å². The van der Waals surface area contributed by atoms with Crippen LogP contribution in [0.1, 0.15) is 16.7 Å². The van der Waals surface area contributed by atoms with Crippen molar-refractivity contribution in [3.8, 4) is 5.75 Å². The summed E-state index contributed by atoms with van der Waals surface area (Å²) in [6, 6.07) is 16.2. The maximum absolute atomic E-state index is 12.4. The van der Waals surface area contributed by atoms with Crippen molar-refractivity contribution in [3.05, 3.63) is 96.3 Å². The van der Waals surface area contributed by atoms with Crippen LogP contribution in [-0.4, -0.2) is 11.1 Å². The van der Waals surface area contributed by atoms with Gasteiger partial charge in [0.2, 0.25) is 0 Å². The van der Waals surface area contributed by atoms with Crippen LogP contribution in [0.2, 0.25) is 20.1 Å². The van der Waals surface area contributed by atoms with Crippen molar-refractivity contribution in [1.82, 2.24) is 5.32 Å². The summed E-state index contributed by atoms with van der Waals surface area (Å²) in [6.45, 7) is 2.10. The van der Waals surface area contributed by atoms with E-state index in [1.807, 2.05) is 37.3 Å². The summed E-state index contributed by atoms with van der Waals surface area (Å²) in [4.78, 5) is 17.4. The Balaban J connectivity index is 1.53. The smallest absolute Gasteiger partial charge is 0.264 e. The minimum absolute atomic E-state index is 0.223. The standard InChI is InChI=1S/C24H16Cl4N2O2S/c1-13-16(25)7-4-8-20(13)29-24-30-23(31)21(33-24)11-14-9-18(27)22(19(28)10-14)32-12-15-5-2-3-6-17(15)26/h2-11H,12H2,1H3,(H,29,30,31)/b21-11+. The number of thioether (sulfide) groups is 1. The van der Waals surface area contributed by atoms with E-state index in [4.69, 9.17) is 51.1 Å². The number of ether oxygens (including phenoxy) is 1. The third-order valence-corrected chi connectivity index (χ3v) is 7.01. The second kappa shape index (κ2) is 10.4. The predicted molar refractivity (Wildman–Crippen MR) is 139 cm³/mol. The number of hydrogen-bond donors (Lipinski definition) is 1. The highest BCUT2D eigenvalue weighted by Gasteiger charge is 2.24. The van der Waals surface area contributed by atoms with Gasteiger partial charge in [-0.15, -0.1) is 0 Å². The van der Waals surface area contributed by atoms with Gasteiger partial charge in [-0.2, -0.15) is 0 Å². The topological polar surface area (TPSA) is 50.7 Å². The molecule has 1 N–H and O–H groups in total. The van der Waals surface area contributed by atoms with Gasteiger partial charge in [0.25, 0.3) is 5.91 Å². The van der Waals surface area contributed by atoms with Crippen LogP contribution in [0.3, 0.4) is 0 Å². The van der Waals surface area contributed by atoms with Crippen LogP contribution in [-0.2, 0) is 11.4 Å². The molecule has 0 spiro atoms. The first-order valence-corrected chi connectivity index (χ1v) is 12.0. The van der Waals surface area contributed by atoms with E-state index in [9.17, 15) is 4.79 Å². The molecule has 1 saturated heterocycles. The fourth-order valence-electron chi connectivity index (χ4n) is 3.02. The first kappa shape index (κ1) is 24.0. The van der Waals surface area contributed by atoms with Gasteiger partial charge in [0.1, 0.15) is 6.61 Å². The molecule has 0 atom stereocenters. The lowest BCUT2D eigenvalue weighted by Crippen LogP contribution is -2.19. The Morgan fingerprint density at radius 3 is 2.39 bits per heavy atom. The van der Waals surface area contributed by atoms with Crippen molar-refractivity contribution < 1.29 is 9.53 Å². The molecule has 1 aliphatic rings. The van der Waals surface area contributed by atoms with Crippen molar-refractivity contribution >= 4 is 81.0 Å². The molecule has 0 radical (unpaired) electrons. The molecule has 168 valence electrons. The summed E-state index contributed by atoms with van der Waals surface area (Å²) in [5.74, 6) is 0.0901. The van der Waals surface area contributed by atoms with E-state index >= 15 is 0 Å². The molecular formula is C24H16Cl4N2O2S. The van der Waals surface area contributed by atoms with E-state index in [1.54, 1.807) is 30.3 Å². The van der Waals surface area contributed by atoms with E-state index in [1.165, 1.54) is 11.8 Å². The van der Waals surface area contributed by atoms with Crippen LogP contribution in [0.25, 0.3) is 6.08 Å². The molecule has 0 saturated carbocycles. The predicted octanol–water partition coefficient (Wildman–Crippen LogP) is 8.08. The largest absolute Gasteiger partial charge is 0.486 e. The number of nitrogens with zero attached hydrogens (tertiary/aromatic N) is 1. The Kier molecular flexibility index (Phi) is 7.57. The number of amides is 1. The van der Waals surface area contributed by atoms with E-state index in [2.05, 4.69) is 10.3 Å². The van der Waals surface area contributed by atoms with Gasteiger partial charge in [-0.3, -0.25) is 4.79 Å². The Hall–Kier alpha value is -2.15. The Labute approximate surface area is 215 Å². The van der Waals surface area contributed by atoms with Gasteiger partial charge in [0.05, 0.1) is 20.6 Å². The highest BCUT2D eigenvalue weighted by atomic mass is 35.5. The third-order valence-electron chi connectivity index (χ3n) is 4.76. The average molecular weight is 538 g/mol. The van der Waals surface area contributed by atoms with Crippen LogP contribution in [0.4, 0.5) is 5.69 Å². The number of nitrogens with one attached hydrogen (secondary N) is 1. The Morgan fingerprint density at radius 2 is 1.67 bits per heavy atom. The number of hydrogen-bond acceptors (Lipinski definition) is 4. The van der Waals surface area contributed by atoms with E-state index < -0.39 is 0 Å². The van der Waals surface area contributed by atoms with E-state index in [-0.39, 0.29) is 12.5 Å². The highest BCUT2D eigenvalue weighted by Crippen LogP contribution is 2.37. The first-order chi connectivity index (χ1) is 15.8. The molecule has 9 heteroatoms. The van der Waals surface area contributed by atoms with Crippen LogP contribution < -0.4 is 10.1 Å². The highest BCUT2D eigenvalue weighted by molar-refractivity contribution is 8.18. The first-order valence-electron chi connectivity index (χ1n) is 9.72. The molecule has 3 aromatic rings. The monoisotopic (exact) mass is 536 g/mol. The van der Waals surface area contributed by atoms with Crippen molar-refractivity contribution in [2.24, 2.45) is 4.99 Å². The van der Waals surface area contributed by atoms with Crippen LogP contribution in [0.15, 0.2) is 64.5 Å². The summed E-state index contributed by atoms with van der Waals surface area (Å²) >= 11 is 26.4. The number of carbonyl (C=O) groups is 1. The van der Waals surface area contributed by atoms with Gasteiger partial charge in [-0.05, 0) is 66.2 Å². The normalized spacial score (nSPS) is 15.8. The second-order valence-electron chi connectivity index (χ2n) is 7.06. The zero-order valence-electron chi connectivity index (χ0n) is 17.2. The second-order valence-corrected chi connectivity index (χ2v) is 9.72. The van der Waals surface area contributed by atoms with Crippen molar-refractivity contribution in [2.75, 3.05) is 0 Å². The lowest BCUT2D eigenvalue weighted by Gasteiger charge is -2.12. The van der Waals surface area contributed by atoms with E-state index in [0.29, 0.717) is 47.2 Å². The van der Waals surface area contributed by atoms with Crippen molar-refractivity contribution in [1.29, 1.82) is 0 Å². The molecule has 1 fully saturated rings. The molecule has 1 amide bonds. The average Bonchev–Trinajstić information content (AvgIpc) is 3.10. The number of carbonyl (C=O) groups excluding carboxylic acids is 1. The number of halogens is 4. The molecular weight excluding hydrogens is 522 g/mol. The molecule has 4 nitrogen and oxygen atoms in total. The minimum atomic E-state index is -0.260. The van der Waals surface area contributed by atoms with Crippen LogP contribution >= 0.6 is 58.2 Å². The maximum atomic E-state index is 12.4. The molecule has 3 aromatic carbocycles. The Bertz CT molecular complexity index is 1280. The zero-order chi connectivity index (χ0) is 23.5. The minimum Gasteiger partial charge on any atom is -0.486 e. The SMILES string of the molecule is Cc1c(Cl)cccc1N=C1NC(=O)/C(=C\c2cc(Cl)c(OCc3ccccc3Cl)c(Cl)c2)S1. The lowest BCUT2D eigenvalue weighted by atomic mass is 10.2. The van der Waals surface area contributed by atoms with Gasteiger partial charge in [0, 0.05) is 15.6 Å². The van der Waals surface area contributed by atoms with Gasteiger partial charge in [-0.1, -0.05) is 70.7 Å². The molecule has 1 aliphatic heterocycles. The summed E-state index contributed by atoms with van der Waals surface area (Å²) in [5.41, 5.74) is 3.01. The number of rotatable bonds is 5. The number of aliphatic imine (C=N–C) groups is 1. The Morgan fingerprint density at radius 1 is 0.970 bits per heavy atom. The summed E-state index contributed by atoms with van der Waals surface area (Å²) < 4.78 is 5.80. The molecule has 0 bridgehead atoms. The summed E-state index contributed by atoms with van der Waals surface area (Å²) in [5, 5.41) is 5.10. The van der Waals surface area contributed by atoms with Crippen molar-refractivity contribution in [3.63, 3.8) is 0 Å². The van der Waals surface area contributed by atoms with Crippen LogP contribution in [0.5, 0.6) is 5.75 Å². The van der Waals surface area contributed by atoms with Gasteiger partial charge in [0.15, 0.2) is 10.9 Å². The molecule has 0 aromatic heterocycles. The maximum Gasteiger partial charge on any atom is 0.264 e. The molecule has 0 aliphatic carbocycles. The lowest BCUT2D eigenvalue weighted by molar-refractivity contribution is -0.115. The summed E-state index contributed by atoms with van der Waals surface area (Å²) in [7, 11) is 0. The van der Waals surface area contributed by atoms with Crippen molar-refractivity contribution in [2.45, 2.75) is 13.5 Å². The molecule has 4 rings (SSSR count). The van der Waals surface area contributed by atoms with Gasteiger partial charge in [-0.25, -0.2) is 4.99 Å². The fourth-order valence-corrected chi connectivity index (χ4v) is 4.83. The summed E-state index contributed by atoms with van der Waals surface area (Å²) in [6.07, 6.45) is 1.70. The van der Waals surface area contributed by atoms with E-state index in [0.717, 1.165) is 11.1 Å². The fraction of sp³-hybridized carbons (Fsp3) is 0.0833. The zero-order valence-corrected chi connectivity index (χ0v) is 21.0. The third kappa shape index (κ3) is 5.68. The van der Waals surface area contributed by atoms with Gasteiger partial charge < -0.3 is 10.1 Å². The number of amidine groups is 1.